The summed E-state index contributed by atoms with van der Waals surface area (Å²) in [5.41, 5.74) is 1.27. The quantitative estimate of drug-likeness (QED) is 0.494. The number of hydrogen-bond donors (Lipinski definition) is 0. The van der Waals surface area contributed by atoms with E-state index in [9.17, 15) is 0 Å². The van der Waals surface area contributed by atoms with Gasteiger partial charge in [-0.1, -0.05) is 31.5 Å². The van der Waals surface area contributed by atoms with Crippen LogP contribution in [0.3, 0.4) is 0 Å². The third-order valence-electron chi connectivity index (χ3n) is 3.50. The molecule has 0 fully saturated rings. The van der Waals surface area contributed by atoms with Crippen molar-refractivity contribution in [2.24, 2.45) is 0 Å². The molecular weight excluding hydrogens is 349 g/mol. The number of hydrogen-bond acceptors (Lipinski definition) is 2. The third kappa shape index (κ3) is 7.16. The molecule has 1 aromatic carbocycles. The van der Waals surface area contributed by atoms with Crippen LogP contribution in [0.15, 0.2) is 24.3 Å². The summed E-state index contributed by atoms with van der Waals surface area (Å²) >= 11 is 0. The topological polar surface area (TPSA) is 12.5 Å². The Hall–Kier alpha value is -0.290. The van der Waals surface area contributed by atoms with Gasteiger partial charge in [-0.15, -0.1) is 0 Å². The third-order valence-corrected chi connectivity index (χ3v) is 3.50. The lowest BCUT2D eigenvalue weighted by molar-refractivity contribution is -0.00000469. The molecular formula is C16H27INO-. The Labute approximate surface area is 135 Å². The van der Waals surface area contributed by atoms with E-state index in [0.717, 1.165) is 31.9 Å². The Balaban J connectivity index is 0.00000324. The van der Waals surface area contributed by atoms with Crippen LogP contribution < -0.4 is 28.7 Å². The van der Waals surface area contributed by atoms with Gasteiger partial charge >= 0.3 is 0 Å². The Bertz CT molecular complexity index is 326. The average Bonchev–Trinajstić information content (AvgIpc) is 2.40. The molecule has 0 aliphatic rings. The van der Waals surface area contributed by atoms with E-state index >= 15 is 0 Å². The number of ether oxygens (including phenoxy) is 1. The van der Waals surface area contributed by atoms with E-state index in [2.05, 4.69) is 44.7 Å². The van der Waals surface area contributed by atoms with Crippen molar-refractivity contribution in [1.82, 2.24) is 4.90 Å². The minimum absolute atomic E-state index is 0. The first-order chi connectivity index (χ1) is 8.67. The van der Waals surface area contributed by atoms with Gasteiger partial charge in [0, 0.05) is 12.6 Å². The lowest BCUT2D eigenvalue weighted by Crippen LogP contribution is -3.00. The maximum absolute atomic E-state index is 5.74. The zero-order valence-corrected chi connectivity index (χ0v) is 14.8. The van der Waals surface area contributed by atoms with Crippen LogP contribution >= 0.6 is 0 Å². The first-order valence-electron chi connectivity index (χ1n) is 7.10. The number of aryl methyl sites for hydroxylation is 1. The number of halogens is 1. The molecule has 0 N–H and O–H groups in total. The van der Waals surface area contributed by atoms with Crippen LogP contribution in [0.2, 0.25) is 0 Å². The van der Waals surface area contributed by atoms with Gasteiger partial charge in [0.25, 0.3) is 0 Å². The molecule has 1 atom stereocenters. The summed E-state index contributed by atoms with van der Waals surface area (Å²) in [5.74, 6) is 0.979. The van der Waals surface area contributed by atoms with Crippen LogP contribution in [-0.2, 0) is 0 Å². The molecule has 1 rings (SSSR count). The Morgan fingerprint density at radius 1 is 1.16 bits per heavy atom. The highest BCUT2D eigenvalue weighted by molar-refractivity contribution is 5.26. The Morgan fingerprint density at radius 2 is 1.79 bits per heavy atom. The van der Waals surface area contributed by atoms with Crippen molar-refractivity contribution >= 4 is 0 Å². The maximum Gasteiger partial charge on any atom is 0.119 e. The largest absolute Gasteiger partial charge is 1.00 e. The van der Waals surface area contributed by atoms with Gasteiger partial charge in [-0.25, -0.2) is 0 Å². The number of rotatable bonds is 8. The van der Waals surface area contributed by atoms with Crippen molar-refractivity contribution in [3.63, 3.8) is 0 Å². The monoisotopic (exact) mass is 376 g/mol. The Morgan fingerprint density at radius 3 is 2.32 bits per heavy atom. The summed E-state index contributed by atoms with van der Waals surface area (Å²) in [6.45, 7) is 11.9. The minimum Gasteiger partial charge on any atom is -1.00 e. The summed E-state index contributed by atoms with van der Waals surface area (Å²) in [6.07, 6.45) is 2.30. The van der Waals surface area contributed by atoms with Crippen LogP contribution in [0.25, 0.3) is 0 Å². The fourth-order valence-electron chi connectivity index (χ4n) is 2.04. The van der Waals surface area contributed by atoms with Gasteiger partial charge in [-0.2, -0.15) is 0 Å². The van der Waals surface area contributed by atoms with Crippen LogP contribution in [-0.4, -0.2) is 30.6 Å². The van der Waals surface area contributed by atoms with E-state index in [4.69, 9.17) is 4.74 Å². The first kappa shape index (κ1) is 18.7. The summed E-state index contributed by atoms with van der Waals surface area (Å²) in [4.78, 5) is 2.51. The van der Waals surface area contributed by atoms with Crippen LogP contribution in [0, 0.1) is 6.92 Å². The molecule has 1 unspecified atom stereocenters. The van der Waals surface area contributed by atoms with Gasteiger partial charge in [0.2, 0.25) is 0 Å². The second-order valence-corrected chi connectivity index (χ2v) is 4.90. The van der Waals surface area contributed by atoms with Gasteiger partial charge in [-0.3, -0.25) is 0 Å². The molecule has 0 radical (unpaired) electrons. The maximum atomic E-state index is 5.74. The van der Waals surface area contributed by atoms with E-state index in [-0.39, 0.29) is 24.0 Å². The molecule has 3 heteroatoms. The fraction of sp³-hybridized carbons (Fsp3) is 0.625. The molecule has 0 amide bonds. The molecule has 19 heavy (non-hydrogen) atoms. The van der Waals surface area contributed by atoms with E-state index in [1.54, 1.807) is 0 Å². The van der Waals surface area contributed by atoms with Crippen LogP contribution in [0.1, 0.15) is 39.2 Å². The van der Waals surface area contributed by atoms with Gasteiger partial charge in [0.1, 0.15) is 5.75 Å². The molecule has 2 nitrogen and oxygen atoms in total. The Kier molecular flexibility index (Phi) is 10.3. The zero-order chi connectivity index (χ0) is 13.4. The molecule has 0 aliphatic carbocycles. The average molecular weight is 376 g/mol. The van der Waals surface area contributed by atoms with Crippen molar-refractivity contribution in [2.75, 3.05) is 19.7 Å². The van der Waals surface area contributed by atoms with Crippen LogP contribution in [0.4, 0.5) is 0 Å². The fourth-order valence-corrected chi connectivity index (χ4v) is 2.04. The molecule has 110 valence electrons. The summed E-state index contributed by atoms with van der Waals surface area (Å²) in [5, 5.41) is 0. The first-order valence-corrected chi connectivity index (χ1v) is 7.10. The predicted octanol–water partition coefficient (Wildman–Crippen LogP) is 0.888. The van der Waals surface area contributed by atoms with Gasteiger partial charge in [-0.05, 0) is 45.4 Å². The van der Waals surface area contributed by atoms with Crippen LogP contribution in [0.5, 0.6) is 5.75 Å². The van der Waals surface area contributed by atoms with E-state index in [1.807, 2.05) is 12.1 Å². The molecule has 0 heterocycles. The highest BCUT2D eigenvalue weighted by atomic mass is 127. The highest BCUT2D eigenvalue weighted by Crippen LogP contribution is 2.12. The summed E-state index contributed by atoms with van der Waals surface area (Å²) in [6, 6.07) is 8.94. The SMILES string of the molecule is CCC(C)N(CC)CCCOc1ccc(C)cc1.[I-]. The second-order valence-electron chi connectivity index (χ2n) is 4.90. The van der Waals surface area contributed by atoms with Crippen molar-refractivity contribution in [1.29, 1.82) is 0 Å². The lowest BCUT2D eigenvalue weighted by atomic mass is 10.2. The predicted molar refractivity (Wildman–Crippen MR) is 78.3 cm³/mol. The second kappa shape index (κ2) is 10.5. The molecule has 0 saturated heterocycles. The summed E-state index contributed by atoms with van der Waals surface area (Å²) in [7, 11) is 0. The minimum atomic E-state index is 0. The van der Waals surface area contributed by atoms with Gasteiger partial charge < -0.3 is 33.6 Å². The van der Waals surface area contributed by atoms with Crippen molar-refractivity contribution in [3.8, 4) is 5.75 Å². The smallest absolute Gasteiger partial charge is 0.119 e. The molecule has 1 aromatic rings. The standard InChI is InChI=1S/C16H27NO.HI/c1-5-15(4)17(6-2)12-7-13-18-16-10-8-14(3)9-11-16;/h8-11,15H,5-7,12-13H2,1-4H3;1H/p-1. The normalized spacial score (nSPS) is 12.1. The molecule has 0 aliphatic heterocycles. The molecule has 0 saturated carbocycles. The summed E-state index contributed by atoms with van der Waals surface area (Å²) < 4.78 is 5.74. The van der Waals surface area contributed by atoms with Crippen molar-refractivity contribution < 1.29 is 28.7 Å². The molecule has 0 spiro atoms. The number of nitrogens with zero attached hydrogens (tertiary/aromatic N) is 1. The van der Waals surface area contributed by atoms with Gasteiger partial charge in [0.15, 0.2) is 0 Å². The van der Waals surface area contributed by atoms with E-state index in [1.165, 1.54) is 12.0 Å². The van der Waals surface area contributed by atoms with Gasteiger partial charge in [0.05, 0.1) is 6.61 Å². The van der Waals surface area contributed by atoms with E-state index < -0.39 is 0 Å². The number of benzene rings is 1. The van der Waals surface area contributed by atoms with Crippen molar-refractivity contribution in [3.05, 3.63) is 29.8 Å². The lowest BCUT2D eigenvalue weighted by Gasteiger charge is -2.26. The van der Waals surface area contributed by atoms with E-state index in [0.29, 0.717) is 6.04 Å². The molecule has 0 aromatic heterocycles. The highest BCUT2D eigenvalue weighted by Gasteiger charge is 2.08. The van der Waals surface area contributed by atoms with Crippen molar-refractivity contribution in [2.45, 2.75) is 46.6 Å². The molecule has 0 bridgehead atoms. The zero-order valence-electron chi connectivity index (χ0n) is 12.7.